The van der Waals surface area contributed by atoms with E-state index < -0.39 is 17.6 Å². The molecule has 0 fully saturated rings. The molecule has 0 aliphatic rings. The molecule has 1 amide bonds. The van der Waals surface area contributed by atoms with Crippen LogP contribution in [0.2, 0.25) is 0 Å². The van der Waals surface area contributed by atoms with Crippen LogP contribution in [0.5, 0.6) is 5.88 Å². The van der Waals surface area contributed by atoms with Crippen molar-refractivity contribution in [3.63, 3.8) is 0 Å². The van der Waals surface area contributed by atoms with Crippen LogP contribution in [-0.2, 0) is 11.0 Å². The van der Waals surface area contributed by atoms with Gasteiger partial charge in [0.1, 0.15) is 5.82 Å². The van der Waals surface area contributed by atoms with Gasteiger partial charge in [0.05, 0.1) is 29.8 Å². The van der Waals surface area contributed by atoms with E-state index in [1.54, 1.807) is 30.5 Å². The van der Waals surface area contributed by atoms with E-state index in [4.69, 9.17) is 10.5 Å². The maximum atomic E-state index is 13.3. The van der Waals surface area contributed by atoms with Crippen molar-refractivity contribution in [2.45, 2.75) is 32.4 Å². The second-order valence-corrected chi connectivity index (χ2v) is 7.97. The molecule has 36 heavy (non-hydrogen) atoms. The van der Waals surface area contributed by atoms with Gasteiger partial charge >= 0.3 is 6.18 Å². The first-order valence-electron chi connectivity index (χ1n) is 11.3. The fraction of sp³-hybridized carbons (Fsp3) is 0.292. The van der Waals surface area contributed by atoms with Crippen LogP contribution in [0.1, 0.15) is 31.7 Å². The first kappa shape index (κ1) is 24.9. The third-order valence-electron chi connectivity index (χ3n) is 5.28. The van der Waals surface area contributed by atoms with E-state index in [-0.39, 0.29) is 11.5 Å². The second-order valence-electron chi connectivity index (χ2n) is 7.97. The number of nitrogens with one attached hydrogen (secondary N) is 1. The number of aromatic nitrogens is 5. The Kier molecular flexibility index (Phi) is 7.32. The lowest BCUT2D eigenvalue weighted by molar-refractivity contribution is -0.137. The monoisotopic (exact) mass is 499 g/mol. The zero-order valence-corrected chi connectivity index (χ0v) is 19.4. The molecule has 4 heterocycles. The highest BCUT2D eigenvalue weighted by atomic mass is 19.4. The first-order valence-corrected chi connectivity index (χ1v) is 11.3. The normalized spacial score (nSPS) is 11.6. The number of alkyl halides is 3. The Hall–Kier alpha value is -4.22. The zero-order chi connectivity index (χ0) is 25.7. The predicted molar refractivity (Wildman–Crippen MR) is 127 cm³/mol. The van der Waals surface area contributed by atoms with E-state index in [0.717, 1.165) is 12.5 Å². The number of nitrogens with zero attached hydrogens (tertiary/aromatic N) is 5. The van der Waals surface area contributed by atoms with Crippen molar-refractivity contribution < 1.29 is 22.7 Å². The fourth-order valence-electron chi connectivity index (χ4n) is 3.48. The minimum Gasteiger partial charge on any atom is -0.478 e. The molecular weight excluding hydrogens is 475 g/mol. The SMILES string of the molecule is CCCC(=O)NCCCOc1ccc(-c2ccc3ncc(-c4cnc(N)c(C(F)(F)F)c4)n3n2)cn1. The van der Waals surface area contributed by atoms with E-state index in [1.807, 2.05) is 6.92 Å². The van der Waals surface area contributed by atoms with Crippen LogP contribution in [0.15, 0.2) is 48.9 Å². The van der Waals surface area contributed by atoms with Gasteiger partial charge in [-0.1, -0.05) is 6.92 Å². The smallest absolute Gasteiger partial charge is 0.419 e. The summed E-state index contributed by atoms with van der Waals surface area (Å²) in [4.78, 5) is 23.7. The third kappa shape index (κ3) is 5.70. The summed E-state index contributed by atoms with van der Waals surface area (Å²) in [5, 5.41) is 7.36. The second kappa shape index (κ2) is 10.6. The summed E-state index contributed by atoms with van der Waals surface area (Å²) >= 11 is 0. The van der Waals surface area contributed by atoms with E-state index >= 15 is 0 Å². The maximum absolute atomic E-state index is 13.3. The lowest BCUT2D eigenvalue weighted by atomic mass is 10.1. The molecule has 0 aliphatic heterocycles. The number of pyridine rings is 2. The van der Waals surface area contributed by atoms with Crippen LogP contribution in [0.3, 0.4) is 0 Å². The molecule has 0 atom stereocenters. The third-order valence-corrected chi connectivity index (χ3v) is 5.28. The number of rotatable bonds is 9. The molecule has 4 aromatic rings. The van der Waals surface area contributed by atoms with Crippen molar-refractivity contribution in [1.29, 1.82) is 0 Å². The van der Waals surface area contributed by atoms with Crippen molar-refractivity contribution in [3.05, 3.63) is 54.5 Å². The van der Waals surface area contributed by atoms with E-state index in [2.05, 4.69) is 25.4 Å². The molecule has 0 unspecified atom stereocenters. The van der Waals surface area contributed by atoms with Crippen LogP contribution in [0.4, 0.5) is 19.0 Å². The number of carbonyl (C=O) groups excluding carboxylic acids is 1. The number of fused-ring (bicyclic) bond motifs is 1. The molecule has 4 aromatic heterocycles. The van der Waals surface area contributed by atoms with Gasteiger partial charge in [0, 0.05) is 42.6 Å². The van der Waals surface area contributed by atoms with E-state index in [0.29, 0.717) is 54.5 Å². The molecule has 0 saturated heterocycles. The van der Waals surface area contributed by atoms with Gasteiger partial charge in [-0.05, 0) is 37.1 Å². The molecule has 12 heteroatoms. The highest BCUT2D eigenvalue weighted by Crippen LogP contribution is 2.35. The molecule has 0 bridgehead atoms. The Morgan fingerprint density at radius 2 is 1.89 bits per heavy atom. The van der Waals surface area contributed by atoms with Crippen molar-refractivity contribution in [3.8, 4) is 28.4 Å². The molecule has 0 saturated carbocycles. The van der Waals surface area contributed by atoms with Gasteiger partial charge in [-0.2, -0.15) is 18.3 Å². The molecular formula is C24H24F3N7O2. The molecule has 0 radical (unpaired) electrons. The summed E-state index contributed by atoms with van der Waals surface area (Å²) < 4.78 is 46.9. The Balaban J connectivity index is 1.48. The number of imidazole rings is 1. The minimum atomic E-state index is -4.63. The summed E-state index contributed by atoms with van der Waals surface area (Å²) in [6, 6.07) is 7.86. The lowest BCUT2D eigenvalue weighted by Crippen LogP contribution is -2.25. The number of nitrogens with two attached hydrogens (primary N) is 1. The summed E-state index contributed by atoms with van der Waals surface area (Å²) in [5.41, 5.74) is 6.60. The van der Waals surface area contributed by atoms with Gasteiger partial charge in [0.2, 0.25) is 11.8 Å². The largest absolute Gasteiger partial charge is 0.478 e. The Morgan fingerprint density at radius 3 is 2.61 bits per heavy atom. The van der Waals surface area contributed by atoms with Crippen molar-refractivity contribution >= 4 is 17.4 Å². The van der Waals surface area contributed by atoms with Crippen LogP contribution in [0.25, 0.3) is 28.2 Å². The predicted octanol–water partition coefficient (Wildman–Crippen LogP) is 4.14. The number of nitrogen functional groups attached to an aromatic ring is 1. The van der Waals surface area contributed by atoms with E-state index in [1.165, 1.54) is 16.9 Å². The number of amides is 1. The molecule has 4 rings (SSSR count). The number of halogens is 3. The van der Waals surface area contributed by atoms with Crippen LogP contribution in [0, 0.1) is 0 Å². The van der Waals surface area contributed by atoms with E-state index in [9.17, 15) is 18.0 Å². The number of anilines is 1. The Morgan fingerprint density at radius 1 is 1.08 bits per heavy atom. The Labute approximate surface area is 204 Å². The van der Waals surface area contributed by atoms with Gasteiger partial charge in [0.25, 0.3) is 0 Å². The molecule has 0 aliphatic carbocycles. The standard InChI is InChI=1S/C24H24F3N7O2/c1-2-4-21(35)29-9-3-10-36-22-8-5-15(12-31-22)18-6-7-20-30-14-19(34(20)33-18)16-11-17(24(25,26)27)23(28)32-13-16/h5-8,11-14H,2-4,9-10H2,1H3,(H2,28,32)(H,29,35). The summed E-state index contributed by atoms with van der Waals surface area (Å²) in [7, 11) is 0. The topological polar surface area (TPSA) is 120 Å². The molecule has 188 valence electrons. The van der Waals surface area contributed by atoms with Crippen molar-refractivity contribution in [2.24, 2.45) is 0 Å². The number of hydrogen-bond donors (Lipinski definition) is 2. The maximum Gasteiger partial charge on any atom is 0.419 e. The van der Waals surface area contributed by atoms with Crippen molar-refractivity contribution in [2.75, 3.05) is 18.9 Å². The van der Waals surface area contributed by atoms with Crippen LogP contribution >= 0.6 is 0 Å². The summed E-state index contributed by atoms with van der Waals surface area (Å²) in [6.07, 6.45) is 1.61. The van der Waals surface area contributed by atoms with Crippen LogP contribution < -0.4 is 15.8 Å². The summed E-state index contributed by atoms with van der Waals surface area (Å²) in [6.45, 7) is 2.88. The highest BCUT2D eigenvalue weighted by molar-refractivity contribution is 5.75. The quantitative estimate of drug-likeness (QED) is 0.332. The Bertz CT molecular complexity index is 1350. The average molecular weight is 499 g/mol. The molecule has 0 aromatic carbocycles. The van der Waals surface area contributed by atoms with Gasteiger partial charge in [-0.3, -0.25) is 4.79 Å². The molecule has 9 nitrogen and oxygen atoms in total. The number of hydrogen-bond acceptors (Lipinski definition) is 7. The fourth-order valence-corrected chi connectivity index (χ4v) is 3.48. The molecule has 3 N–H and O–H groups in total. The number of ether oxygens (including phenoxy) is 1. The van der Waals surface area contributed by atoms with Crippen LogP contribution in [-0.4, -0.2) is 43.6 Å². The first-order chi connectivity index (χ1) is 17.3. The van der Waals surface area contributed by atoms with Gasteiger partial charge in [0.15, 0.2) is 5.65 Å². The summed E-state index contributed by atoms with van der Waals surface area (Å²) in [5.74, 6) is -0.141. The van der Waals surface area contributed by atoms with Gasteiger partial charge in [-0.15, -0.1) is 0 Å². The van der Waals surface area contributed by atoms with Crippen molar-refractivity contribution in [1.82, 2.24) is 29.9 Å². The van der Waals surface area contributed by atoms with Gasteiger partial charge < -0.3 is 15.8 Å². The molecule has 0 spiro atoms. The minimum absolute atomic E-state index is 0.0268. The number of carbonyl (C=O) groups is 1. The lowest BCUT2D eigenvalue weighted by Gasteiger charge is -2.11. The highest BCUT2D eigenvalue weighted by Gasteiger charge is 2.34. The van der Waals surface area contributed by atoms with Gasteiger partial charge in [-0.25, -0.2) is 19.5 Å². The average Bonchev–Trinajstić information content (AvgIpc) is 3.27. The zero-order valence-electron chi connectivity index (χ0n) is 19.4.